The number of benzene rings is 2. The predicted octanol–water partition coefficient (Wildman–Crippen LogP) is 3.45. The van der Waals surface area contributed by atoms with E-state index >= 15 is 0 Å². The lowest BCUT2D eigenvalue weighted by Gasteiger charge is -2.05. The van der Waals surface area contributed by atoms with E-state index in [0.717, 1.165) is 16.0 Å². The van der Waals surface area contributed by atoms with Gasteiger partial charge < -0.3 is 5.73 Å². The second-order valence-electron chi connectivity index (χ2n) is 4.07. The third-order valence-corrected chi connectivity index (χ3v) is 3.76. The maximum atomic E-state index is 13.2. The summed E-state index contributed by atoms with van der Waals surface area (Å²) in [6, 6.07) is 14.5. The largest absolute Gasteiger partial charge is 0.326 e. The van der Waals surface area contributed by atoms with Crippen molar-refractivity contribution in [3.05, 3.63) is 65.0 Å². The van der Waals surface area contributed by atoms with Crippen LogP contribution in [0.25, 0.3) is 0 Å². The standard InChI is InChI=1S/C15H13FN2S/c16-15-5-4-12(6-13(15)9-18)10-19-14-3-1-2-11(7-14)8-17/h1-7H,8,10,17H2. The molecule has 2 rings (SSSR count). The first-order chi connectivity index (χ1) is 9.22. The number of hydrogen-bond acceptors (Lipinski definition) is 3. The molecular weight excluding hydrogens is 259 g/mol. The molecule has 0 bridgehead atoms. The molecule has 0 unspecified atom stereocenters. The van der Waals surface area contributed by atoms with Crippen molar-refractivity contribution < 1.29 is 4.39 Å². The fourth-order valence-electron chi connectivity index (χ4n) is 1.68. The Labute approximate surface area is 116 Å². The summed E-state index contributed by atoms with van der Waals surface area (Å²) in [5.74, 6) is 0.226. The lowest BCUT2D eigenvalue weighted by molar-refractivity contribution is 0.623. The summed E-state index contributed by atoms with van der Waals surface area (Å²) < 4.78 is 13.2. The molecule has 0 aliphatic carbocycles. The zero-order valence-electron chi connectivity index (χ0n) is 10.3. The van der Waals surface area contributed by atoms with Gasteiger partial charge >= 0.3 is 0 Å². The molecule has 0 saturated carbocycles. The van der Waals surface area contributed by atoms with Gasteiger partial charge in [0.1, 0.15) is 11.9 Å². The number of halogens is 1. The molecule has 2 N–H and O–H groups in total. The first-order valence-electron chi connectivity index (χ1n) is 5.83. The van der Waals surface area contributed by atoms with E-state index in [4.69, 9.17) is 11.0 Å². The molecular formula is C15H13FN2S. The highest BCUT2D eigenvalue weighted by Crippen LogP contribution is 2.24. The van der Waals surface area contributed by atoms with Gasteiger partial charge in [0, 0.05) is 17.2 Å². The molecule has 0 aliphatic rings. The minimum Gasteiger partial charge on any atom is -0.326 e. The van der Waals surface area contributed by atoms with E-state index in [0.29, 0.717) is 12.3 Å². The molecule has 19 heavy (non-hydrogen) atoms. The Hall–Kier alpha value is -1.83. The second-order valence-corrected chi connectivity index (χ2v) is 5.11. The van der Waals surface area contributed by atoms with Crippen molar-refractivity contribution in [1.29, 1.82) is 5.26 Å². The third kappa shape index (κ3) is 3.57. The van der Waals surface area contributed by atoms with Crippen LogP contribution in [0.1, 0.15) is 16.7 Å². The number of thioether (sulfide) groups is 1. The smallest absolute Gasteiger partial charge is 0.140 e. The van der Waals surface area contributed by atoms with Gasteiger partial charge in [0.25, 0.3) is 0 Å². The molecule has 2 aromatic carbocycles. The Balaban J connectivity index is 2.08. The van der Waals surface area contributed by atoms with E-state index in [9.17, 15) is 4.39 Å². The SMILES string of the molecule is N#Cc1cc(CSc2cccc(CN)c2)ccc1F. The van der Waals surface area contributed by atoms with Crippen LogP contribution in [0.3, 0.4) is 0 Å². The van der Waals surface area contributed by atoms with Crippen LogP contribution in [-0.4, -0.2) is 0 Å². The highest BCUT2D eigenvalue weighted by molar-refractivity contribution is 7.98. The predicted molar refractivity (Wildman–Crippen MR) is 75.0 cm³/mol. The van der Waals surface area contributed by atoms with Gasteiger partial charge in [-0.25, -0.2) is 4.39 Å². The van der Waals surface area contributed by atoms with Gasteiger partial charge in [-0.3, -0.25) is 0 Å². The van der Waals surface area contributed by atoms with Crippen molar-refractivity contribution >= 4 is 11.8 Å². The van der Waals surface area contributed by atoms with Crippen LogP contribution in [0, 0.1) is 17.1 Å². The number of nitrogens with zero attached hydrogens (tertiary/aromatic N) is 1. The van der Waals surface area contributed by atoms with Crippen molar-refractivity contribution in [2.45, 2.75) is 17.2 Å². The molecule has 0 aliphatic heterocycles. The Morgan fingerprint density at radius 3 is 2.74 bits per heavy atom. The number of nitrogens with two attached hydrogens (primary N) is 1. The summed E-state index contributed by atoms with van der Waals surface area (Å²) in [6.45, 7) is 0.517. The fourth-order valence-corrected chi connectivity index (χ4v) is 2.60. The van der Waals surface area contributed by atoms with E-state index in [1.165, 1.54) is 6.07 Å². The minimum absolute atomic E-state index is 0.0915. The van der Waals surface area contributed by atoms with Crippen LogP contribution >= 0.6 is 11.8 Å². The molecule has 0 aromatic heterocycles. The molecule has 2 aromatic rings. The van der Waals surface area contributed by atoms with E-state index in [1.807, 2.05) is 30.3 Å². The minimum atomic E-state index is -0.471. The van der Waals surface area contributed by atoms with Crippen LogP contribution in [0.4, 0.5) is 4.39 Å². The van der Waals surface area contributed by atoms with Crippen LogP contribution in [-0.2, 0) is 12.3 Å². The van der Waals surface area contributed by atoms with Crippen molar-refractivity contribution in [2.24, 2.45) is 5.73 Å². The van der Waals surface area contributed by atoms with E-state index in [2.05, 4.69) is 0 Å². The second kappa shape index (κ2) is 6.37. The first kappa shape index (κ1) is 13.6. The van der Waals surface area contributed by atoms with E-state index in [1.54, 1.807) is 23.9 Å². The molecule has 0 saturated heterocycles. The number of rotatable bonds is 4. The summed E-state index contributed by atoms with van der Waals surface area (Å²) in [5.41, 5.74) is 7.70. The highest BCUT2D eigenvalue weighted by Gasteiger charge is 2.03. The molecule has 0 fully saturated rings. The number of nitriles is 1. The molecule has 0 amide bonds. The molecule has 2 nitrogen and oxygen atoms in total. The zero-order chi connectivity index (χ0) is 13.7. The maximum Gasteiger partial charge on any atom is 0.140 e. The Morgan fingerprint density at radius 1 is 1.16 bits per heavy atom. The van der Waals surface area contributed by atoms with Crippen molar-refractivity contribution in [3.8, 4) is 6.07 Å². The lowest BCUT2D eigenvalue weighted by atomic mass is 10.1. The first-order valence-corrected chi connectivity index (χ1v) is 6.82. The van der Waals surface area contributed by atoms with Gasteiger partial charge in [-0.1, -0.05) is 18.2 Å². The summed E-state index contributed by atoms with van der Waals surface area (Å²) >= 11 is 1.64. The molecule has 0 heterocycles. The van der Waals surface area contributed by atoms with Gasteiger partial charge in [0.15, 0.2) is 0 Å². The monoisotopic (exact) mass is 272 g/mol. The average molecular weight is 272 g/mol. The molecule has 0 atom stereocenters. The van der Waals surface area contributed by atoms with E-state index < -0.39 is 5.82 Å². The van der Waals surface area contributed by atoms with Crippen LogP contribution in [0.5, 0.6) is 0 Å². The average Bonchev–Trinajstić information content (AvgIpc) is 2.46. The summed E-state index contributed by atoms with van der Waals surface area (Å²) in [6.07, 6.45) is 0. The Bertz CT molecular complexity index is 620. The molecule has 4 heteroatoms. The van der Waals surface area contributed by atoms with Gasteiger partial charge in [0.2, 0.25) is 0 Å². The summed E-state index contributed by atoms with van der Waals surface area (Å²) in [4.78, 5) is 1.12. The van der Waals surface area contributed by atoms with Gasteiger partial charge in [-0.05, 0) is 35.4 Å². The van der Waals surface area contributed by atoms with Gasteiger partial charge in [0.05, 0.1) is 5.56 Å². The third-order valence-electron chi connectivity index (χ3n) is 2.69. The van der Waals surface area contributed by atoms with Gasteiger partial charge in [-0.2, -0.15) is 5.26 Å². The quantitative estimate of drug-likeness (QED) is 0.867. The van der Waals surface area contributed by atoms with Crippen molar-refractivity contribution in [2.75, 3.05) is 0 Å². The summed E-state index contributed by atoms with van der Waals surface area (Å²) in [7, 11) is 0. The highest BCUT2D eigenvalue weighted by atomic mass is 32.2. The van der Waals surface area contributed by atoms with Crippen LogP contribution in [0.2, 0.25) is 0 Å². The van der Waals surface area contributed by atoms with Crippen LogP contribution in [0.15, 0.2) is 47.4 Å². The van der Waals surface area contributed by atoms with Crippen LogP contribution < -0.4 is 5.73 Å². The molecule has 0 radical (unpaired) electrons. The van der Waals surface area contributed by atoms with E-state index in [-0.39, 0.29) is 5.56 Å². The van der Waals surface area contributed by atoms with Crippen molar-refractivity contribution in [3.63, 3.8) is 0 Å². The normalized spacial score (nSPS) is 10.2. The lowest BCUT2D eigenvalue weighted by Crippen LogP contribution is -1.95. The summed E-state index contributed by atoms with van der Waals surface area (Å²) in [5, 5.41) is 8.79. The maximum absolute atomic E-state index is 13.2. The molecule has 96 valence electrons. The topological polar surface area (TPSA) is 49.8 Å². The zero-order valence-corrected chi connectivity index (χ0v) is 11.1. The Morgan fingerprint density at radius 2 is 2.00 bits per heavy atom. The molecule has 0 spiro atoms. The van der Waals surface area contributed by atoms with Gasteiger partial charge in [-0.15, -0.1) is 11.8 Å². The fraction of sp³-hybridized carbons (Fsp3) is 0.133. The Kier molecular flexibility index (Phi) is 4.56. The number of hydrogen-bond donors (Lipinski definition) is 1. The van der Waals surface area contributed by atoms with Crippen molar-refractivity contribution in [1.82, 2.24) is 0 Å².